The third-order valence-corrected chi connectivity index (χ3v) is 3.39. The number of amides is 1. The van der Waals surface area contributed by atoms with Gasteiger partial charge in [0.1, 0.15) is 0 Å². The van der Waals surface area contributed by atoms with E-state index in [1.165, 1.54) is 6.07 Å². The number of non-ortho nitro benzene ring substituents is 1. The topological polar surface area (TPSA) is 92.7 Å². The third-order valence-electron chi connectivity index (χ3n) is 3.39. The molecule has 7 nitrogen and oxygen atoms in total. The number of piperazine rings is 1. The van der Waals surface area contributed by atoms with E-state index in [0.717, 1.165) is 5.69 Å². The molecule has 1 fully saturated rings. The van der Waals surface area contributed by atoms with Gasteiger partial charge >= 0.3 is 0 Å². The standard InChI is InChI=1S/C13H18N4O3.ClH/c1-10(14)13(18)16-7-5-15(6-8-16)11-3-2-4-12(9-11)17(19)20;/h2-4,9-10H,5-8,14H2,1H3;1H. The van der Waals surface area contributed by atoms with Crippen LogP contribution in [-0.2, 0) is 4.79 Å². The maximum Gasteiger partial charge on any atom is 0.271 e. The lowest BCUT2D eigenvalue weighted by molar-refractivity contribution is -0.384. The molecule has 0 bridgehead atoms. The van der Waals surface area contributed by atoms with Crippen LogP contribution in [0.1, 0.15) is 6.92 Å². The summed E-state index contributed by atoms with van der Waals surface area (Å²) in [6.45, 7) is 4.15. The molecule has 8 heteroatoms. The minimum atomic E-state index is -0.487. The molecule has 1 aromatic rings. The second-order valence-corrected chi connectivity index (χ2v) is 4.88. The van der Waals surface area contributed by atoms with Crippen molar-refractivity contribution in [3.63, 3.8) is 0 Å². The van der Waals surface area contributed by atoms with Gasteiger partial charge in [-0.2, -0.15) is 0 Å². The first-order valence-corrected chi connectivity index (χ1v) is 6.53. The molecule has 1 aliphatic rings. The van der Waals surface area contributed by atoms with Crippen LogP contribution in [-0.4, -0.2) is 48.0 Å². The number of nitro benzene ring substituents is 1. The molecule has 0 radical (unpaired) electrons. The summed E-state index contributed by atoms with van der Waals surface area (Å²) in [5, 5.41) is 10.8. The van der Waals surface area contributed by atoms with Crippen LogP contribution in [0.25, 0.3) is 0 Å². The van der Waals surface area contributed by atoms with Crippen molar-refractivity contribution in [3.05, 3.63) is 34.4 Å². The molecule has 1 aliphatic heterocycles. The van der Waals surface area contributed by atoms with Gasteiger partial charge in [0.05, 0.1) is 11.0 Å². The van der Waals surface area contributed by atoms with Crippen LogP contribution in [0, 0.1) is 10.1 Å². The van der Waals surface area contributed by atoms with Crippen LogP contribution in [0.15, 0.2) is 24.3 Å². The number of carbonyl (C=O) groups excluding carboxylic acids is 1. The highest BCUT2D eigenvalue weighted by Crippen LogP contribution is 2.22. The van der Waals surface area contributed by atoms with Gasteiger partial charge in [0.25, 0.3) is 5.69 Å². The van der Waals surface area contributed by atoms with E-state index in [1.54, 1.807) is 24.0 Å². The highest BCUT2D eigenvalue weighted by Gasteiger charge is 2.23. The molecule has 2 rings (SSSR count). The summed E-state index contributed by atoms with van der Waals surface area (Å²) in [4.78, 5) is 25.9. The van der Waals surface area contributed by atoms with Gasteiger partial charge in [-0.3, -0.25) is 14.9 Å². The Balaban J connectivity index is 0.00000220. The van der Waals surface area contributed by atoms with Crippen LogP contribution in [0.5, 0.6) is 0 Å². The van der Waals surface area contributed by atoms with Crippen molar-refractivity contribution in [2.24, 2.45) is 5.73 Å². The minimum Gasteiger partial charge on any atom is -0.368 e. The maximum absolute atomic E-state index is 11.8. The maximum atomic E-state index is 11.8. The number of anilines is 1. The summed E-state index contributed by atoms with van der Waals surface area (Å²) < 4.78 is 0. The summed E-state index contributed by atoms with van der Waals surface area (Å²) in [5.74, 6) is -0.0521. The molecule has 0 aromatic heterocycles. The smallest absolute Gasteiger partial charge is 0.271 e. The lowest BCUT2D eigenvalue weighted by atomic mass is 10.2. The molecule has 1 aromatic carbocycles. The average molecular weight is 315 g/mol. The van der Waals surface area contributed by atoms with Crippen LogP contribution in [0.2, 0.25) is 0 Å². The molecule has 116 valence electrons. The monoisotopic (exact) mass is 314 g/mol. The van der Waals surface area contributed by atoms with E-state index in [9.17, 15) is 14.9 Å². The first kappa shape index (κ1) is 17.2. The zero-order valence-corrected chi connectivity index (χ0v) is 12.6. The lowest BCUT2D eigenvalue weighted by Gasteiger charge is -2.36. The Labute approximate surface area is 129 Å². The largest absolute Gasteiger partial charge is 0.368 e. The molecule has 0 aliphatic carbocycles. The molecule has 2 N–H and O–H groups in total. The molecule has 0 saturated carbocycles. The molecule has 1 saturated heterocycles. The minimum absolute atomic E-state index is 0. The number of benzene rings is 1. The van der Waals surface area contributed by atoms with Crippen LogP contribution in [0.3, 0.4) is 0 Å². The molecular formula is C13H19ClN4O3. The average Bonchev–Trinajstić information content (AvgIpc) is 2.46. The van der Waals surface area contributed by atoms with Crippen LogP contribution < -0.4 is 10.6 Å². The van der Waals surface area contributed by atoms with Crippen molar-refractivity contribution in [2.45, 2.75) is 13.0 Å². The van der Waals surface area contributed by atoms with Gasteiger partial charge in [0.15, 0.2) is 0 Å². The van der Waals surface area contributed by atoms with Crippen LogP contribution in [0.4, 0.5) is 11.4 Å². The fourth-order valence-corrected chi connectivity index (χ4v) is 2.28. The summed E-state index contributed by atoms with van der Waals surface area (Å²) in [5.41, 5.74) is 6.48. The van der Waals surface area contributed by atoms with E-state index in [2.05, 4.69) is 0 Å². The normalized spacial score (nSPS) is 16.1. The van der Waals surface area contributed by atoms with Crippen molar-refractivity contribution in [1.82, 2.24) is 4.90 Å². The van der Waals surface area contributed by atoms with Gasteiger partial charge in [0.2, 0.25) is 5.91 Å². The number of halogens is 1. The number of rotatable bonds is 3. The third kappa shape index (κ3) is 4.05. The van der Waals surface area contributed by atoms with Gasteiger partial charge in [-0.05, 0) is 13.0 Å². The quantitative estimate of drug-likeness (QED) is 0.664. The number of nitrogens with two attached hydrogens (primary N) is 1. The van der Waals surface area contributed by atoms with E-state index in [-0.39, 0.29) is 24.0 Å². The highest BCUT2D eigenvalue weighted by atomic mass is 35.5. The fraction of sp³-hybridized carbons (Fsp3) is 0.462. The Morgan fingerprint density at radius 2 is 1.95 bits per heavy atom. The number of hydrogen-bond donors (Lipinski definition) is 1. The predicted octanol–water partition coefficient (Wildman–Crippen LogP) is 1.01. The summed E-state index contributed by atoms with van der Waals surface area (Å²) in [6.07, 6.45) is 0. The van der Waals surface area contributed by atoms with E-state index in [1.807, 2.05) is 11.0 Å². The second kappa shape index (κ2) is 7.24. The molecule has 1 heterocycles. The first-order valence-electron chi connectivity index (χ1n) is 6.53. The zero-order chi connectivity index (χ0) is 14.7. The summed E-state index contributed by atoms with van der Waals surface area (Å²) in [7, 11) is 0. The highest BCUT2D eigenvalue weighted by molar-refractivity contribution is 5.85. The predicted molar refractivity (Wildman–Crippen MR) is 82.8 cm³/mol. The summed E-state index contributed by atoms with van der Waals surface area (Å²) in [6, 6.07) is 6.06. The van der Waals surface area contributed by atoms with Crippen molar-refractivity contribution in [3.8, 4) is 0 Å². The Bertz CT molecular complexity index is 516. The number of nitro groups is 1. The molecule has 1 atom stereocenters. The summed E-state index contributed by atoms with van der Waals surface area (Å²) >= 11 is 0. The number of hydrogen-bond acceptors (Lipinski definition) is 5. The molecular weight excluding hydrogens is 296 g/mol. The van der Waals surface area contributed by atoms with E-state index in [0.29, 0.717) is 26.2 Å². The Kier molecular flexibility index (Phi) is 5.92. The van der Waals surface area contributed by atoms with Gasteiger partial charge < -0.3 is 15.5 Å². The van der Waals surface area contributed by atoms with E-state index in [4.69, 9.17) is 5.73 Å². The van der Waals surface area contributed by atoms with E-state index >= 15 is 0 Å². The van der Waals surface area contributed by atoms with E-state index < -0.39 is 11.0 Å². The Morgan fingerprint density at radius 1 is 1.33 bits per heavy atom. The van der Waals surface area contributed by atoms with Crippen molar-refractivity contribution >= 4 is 29.7 Å². The lowest BCUT2D eigenvalue weighted by Crippen LogP contribution is -2.52. The molecule has 21 heavy (non-hydrogen) atoms. The Morgan fingerprint density at radius 3 is 2.48 bits per heavy atom. The number of nitrogens with zero attached hydrogens (tertiary/aromatic N) is 3. The SMILES string of the molecule is CC(N)C(=O)N1CCN(c2cccc([N+](=O)[O-])c2)CC1.Cl. The molecule has 1 unspecified atom stereocenters. The fourth-order valence-electron chi connectivity index (χ4n) is 2.28. The first-order chi connectivity index (χ1) is 9.49. The molecule has 0 spiro atoms. The number of carbonyl (C=O) groups is 1. The van der Waals surface area contributed by atoms with Crippen molar-refractivity contribution in [1.29, 1.82) is 0 Å². The zero-order valence-electron chi connectivity index (χ0n) is 11.8. The van der Waals surface area contributed by atoms with Crippen molar-refractivity contribution < 1.29 is 9.72 Å². The van der Waals surface area contributed by atoms with Gasteiger partial charge in [0, 0.05) is 44.0 Å². The van der Waals surface area contributed by atoms with Gasteiger partial charge in [-0.25, -0.2) is 0 Å². The van der Waals surface area contributed by atoms with Crippen LogP contribution >= 0.6 is 12.4 Å². The van der Waals surface area contributed by atoms with Crippen molar-refractivity contribution in [2.75, 3.05) is 31.1 Å². The Hall–Kier alpha value is -1.86. The van der Waals surface area contributed by atoms with Gasteiger partial charge in [-0.1, -0.05) is 6.07 Å². The second-order valence-electron chi connectivity index (χ2n) is 4.88. The van der Waals surface area contributed by atoms with Gasteiger partial charge in [-0.15, -0.1) is 12.4 Å². The molecule has 1 amide bonds.